The SMILES string of the molecule is Cc1cc2oc3ccccc3c2cc1N1C(C)C(C)(C)CC1(C)C. The van der Waals surface area contributed by atoms with E-state index in [-0.39, 0.29) is 5.54 Å². The highest BCUT2D eigenvalue weighted by Gasteiger charge is 2.48. The molecule has 2 nitrogen and oxygen atoms in total. The first-order chi connectivity index (χ1) is 11.2. The van der Waals surface area contributed by atoms with Gasteiger partial charge in [-0.2, -0.15) is 0 Å². The van der Waals surface area contributed by atoms with Crippen molar-refractivity contribution in [1.82, 2.24) is 0 Å². The summed E-state index contributed by atoms with van der Waals surface area (Å²) in [6.45, 7) is 14.1. The van der Waals surface area contributed by atoms with Gasteiger partial charge in [0.2, 0.25) is 0 Å². The Morgan fingerprint density at radius 1 is 1.00 bits per heavy atom. The Bertz CT molecular complexity index is 932. The van der Waals surface area contributed by atoms with E-state index in [1.54, 1.807) is 0 Å². The van der Waals surface area contributed by atoms with E-state index in [2.05, 4.69) is 76.8 Å². The van der Waals surface area contributed by atoms with E-state index in [1.807, 2.05) is 6.07 Å². The molecule has 0 saturated carbocycles. The number of hydrogen-bond donors (Lipinski definition) is 0. The third kappa shape index (κ3) is 2.08. The molecule has 24 heavy (non-hydrogen) atoms. The van der Waals surface area contributed by atoms with Crippen LogP contribution in [0.1, 0.15) is 46.6 Å². The normalized spacial score (nSPS) is 22.6. The maximum Gasteiger partial charge on any atom is 0.135 e. The summed E-state index contributed by atoms with van der Waals surface area (Å²) in [7, 11) is 0. The average molecular weight is 321 g/mol. The molecule has 1 aromatic heterocycles. The van der Waals surface area contributed by atoms with Crippen molar-refractivity contribution in [2.75, 3.05) is 4.90 Å². The van der Waals surface area contributed by atoms with Crippen LogP contribution in [0.15, 0.2) is 40.8 Å². The zero-order valence-electron chi connectivity index (χ0n) is 15.6. The number of fused-ring (bicyclic) bond motifs is 3. The molecule has 4 rings (SSSR count). The van der Waals surface area contributed by atoms with E-state index in [0.717, 1.165) is 11.2 Å². The molecule has 1 unspecified atom stereocenters. The molecule has 0 N–H and O–H groups in total. The fourth-order valence-corrected chi connectivity index (χ4v) is 4.88. The Morgan fingerprint density at radius 3 is 2.38 bits per heavy atom. The van der Waals surface area contributed by atoms with Crippen molar-refractivity contribution in [3.63, 3.8) is 0 Å². The summed E-state index contributed by atoms with van der Waals surface area (Å²) >= 11 is 0. The van der Waals surface area contributed by atoms with Gasteiger partial charge in [0.1, 0.15) is 11.2 Å². The summed E-state index contributed by atoms with van der Waals surface area (Å²) in [5, 5.41) is 2.43. The molecule has 0 radical (unpaired) electrons. The minimum atomic E-state index is 0.154. The van der Waals surface area contributed by atoms with Crippen molar-refractivity contribution in [1.29, 1.82) is 0 Å². The summed E-state index contributed by atoms with van der Waals surface area (Å²) in [6, 6.07) is 13.4. The number of furan rings is 1. The van der Waals surface area contributed by atoms with Gasteiger partial charge in [0, 0.05) is 28.0 Å². The lowest BCUT2D eigenvalue weighted by Gasteiger charge is -2.38. The second-order valence-corrected chi connectivity index (χ2v) is 8.76. The minimum absolute atomic E-state index is 0.154. The predicted octanol–water partition coefficient (Wildman–Crippen LogP) is 6.30. The third-order valence-corrected chi connectivity index (χ3v) is 6.01. The summed E-state index contributed by atoms with van der Waals surface area (Å²) in [5.41, 5.74) is 5.06. The van der Waals surface area contributed by atoms with E-state index in [9.17, 15) is 0 Å². The lowest BCUT2D eigenvalue weighted by Crippen LogP contribution is -2.43. The molecule has 1 saturated heterocycles. The van der Waals surface area contributed by atoms with Gasteiger partial charge < -0.3 is 9.32 Å². The van der Waals surface area contributed by atoms with Crippen molar-refractivity contribution < 1.29 is 4.42 Å². The first-order valence-electron chi connectivity index (χ1n) is 8.92. The summed E-state index contributed by atoms with van der Waals surface area (Å²) < 4.78 is 6.05. The van der Waals surface area contributed by atoms with Gasteiger partial charge in [-0.25, -0.2) is 0 Å². The maximum absolute atomic E-state index is 6.05. The van der Waals surface area contributed by atoms with Crippen LogP contribution in [-0.4, -0.2) is 11.6 Å². The van der Waals surface area contributed by atoms with E-state index < -0.39 is 0 Å². The van der Waals surface area contributed by atoms with Crippen LogP contribution in [0.2, 0.25) is 0 Å². The summed E-state index contributed by atoms with van der Waals surface area (Å²) in [6.07, 6.45) is 1.20. The summed E-state index contributed by atoms with van der Waals surface area (Å²) in [5.74, 6) is 0. The smallest absolute Gasteiger partial charge is 0.135 e. The fourth-order valence-electron chi connectivity index (χ4n) is 4.88. The molecule has 0 aliphatic carbocycles. The van der Waals surface area contributed by atoms with Crippen molar-refractivity contribution in [2.45, 2.75) is 59.5 Å². The molecule has 0 amide bonds. The first-order valence-corrected chi connectivity index (χ1v) is 8.92. The molecule has 0 spiro atoms. The van der Waals surface area contributed by atoms with E-state index in [4.69, 9.17) is 4.42 Å². The molecule has 1 fully saturated rings. The zero-order chi connectivity index (χ0) is 17.3. The van der Waals surface area contributed by atoms with Gasteiger partial charge >= 0.3 is 0 Å². The predicted molar refractivity (Wildman–Crippen MR) is 103 cm³/mol. The Morgan fingerprint density at radius 2 is 1.71 bits per heavy atom. The fraction of sp³-hybridized carbons (Fsp3) is 0.455. The standard InChI is InChI=1S/C22H27NO/c1-14-11-20-17(16-9-7-8-10-19(16)24-20)12-18(14)23-15(2)21(3,4)13-22(23,5)6/h7-12,15H,13H2,1-6H3. The molecule has 1 aliphatic heterocycles. The Hall–Kier alpha value is -1.96. The largest absolute Gasteiger partial charge is 0.456 e. The molecular weight excluding hydrogens is 294 g/mol. The lowest BCUT2D eigenvalue weighted by molar-refractivity contribution is 0.329. The molecule has 126 valence electrons. The Balaban J connectivity index is 1.96. The molecule has 2 aromatic carbocycles. The van der Waals surface area contributed by atoms with Crippen molar-refractivity contribution in [3.05, 3.63) is 42.0 Å². The van der Waals surface area contributed by atoms with Crippen LogP contribution >= 0.6 is 0 Å². The second kappa shape index (κ2) is 4.78. The topological polar surface area (TPSA) is 16.4 Å². The molecule has 1 aliphatic rings. The molecular formula is C22H27NO. The van der Waals surface area contributed by atoms with Gasteiger partial charge in [0.15, 0.2) is 0 Å². The highest BCUT2D eigenvalue weighted by atomic mass is 16.3. The zero-order valence-corrected chi connectivity index (χ0v) is 15.6. The Labute approximate surface area is 144 Å². The van der Waals surface area contributed by atoms with Crippen molar-refractivity contribution >= 4 is 27.6 Å². The van der Waals surface area contributed by atoms with Crippen molar-refractivity contribution in [2.24, 2.45) is 5.41 Å². The highest BCUT2D eigenvalue weighted by molar-refractivity contribution is 6.06. The van der Waals surface area contributed by atoms with Crippen molar-refractivity contribution in [3.8, 4) is 0 Å². The van der Waals surface area contributed by atoms with E-state index >= 15 is 0 Å². The number of para-hydroxylation sites is 1. The number of hydrogen-bond acceptors (Lipinski definition) is 2. The Kier molecular flexibility index (Phi) is 3.10. The molecule has 0 bridgehead atoms. The number of nitrogens with zero attached hydrogens (tertiary/aromatic N) is 1. The first kappa shape index (κ1) is 15.6. The quantitative estimate of drug-likeness (QED) is 0.523. The van der Waals surface area contributed by atoms with Gasteiger partial charge in [-0.1, -0.05) is 32.0 Å². The third-order valence-electron chi connectivity index (χ3n) is 6.01. The number of benzene rings is 2. The van der Waals surface area contributed by atoms with Crippen LogP contribution in [0.25, 0.3) is 21.9 Å². The lowest BCUT2D eigenvalue weighted by atomic mass is 9.82. The average Bonchev–Trinajstić information content (AvgIpc) is 2.90. The monoisotopic (exact) mass is 321 g/mol. The van der Waals surface area contributed by atoms with Crippen LogP contribution in [0, 0.1) is 12.3 Å². The number of anilines is 1. The minimum Gasteiger partial charge on any atom is -0.456 e. The summed E-state index contributed by atoms with van der Waals surface area (Å²) in [4.78, 5) is 2.63. The number of aryl methyl sites for hydroxylation is 1. The van der Waals surface area contributed by atoms with Gasteiger partial charge in [0.05, 0.1) is 0 Å². The van der Waals surface area contributed by atoms with Crippen LogP contribution in [0.3, 0.4) is 0 Å². The van der Waals surface area contributed by atoms with E-state index in [0.29, 0.717) is 11.5 Å². The molecule has 2 heteroatoms. The maximum atomic E-state index is 6.05. The second-order valence-electron chi connectivity index (χ2n) is 8.76. The molecule has 1 atom stereocenters. The molecule has 3 aromatic rings. The van der Waals surface area contributed by atoms with Gasteiger partial charge in [-0.3, -0.25) is 0 Å². The number of rotatable bonds is 1. The highest BCUT2D eigenvalue weighted by Crippen LogP contribution is 2.49. The molecule has 2 heterocycles. The van der Waals surface area contributed by atoms with Gasteiger partial charge in [-0.15, -0.1) is 0 Å². The van der Waals surface area contributed by atoms with Crippen LogP contribution in [-0.2, 0) is 0 Å². The van der Waals surface area contributed by atoms with Gasteiger partial charge in [-0.05, 0) is 63.3 Å². The van der Waals surface area contributed by atoms with Crippen LogP contribution < -0.4 is 4.90 Å². The van der Waals surface area contributed by atoms with Crippen LogP contribution in [0.4, 0.5) is 5.69 Å². The van der Waals surface area contributed by atoms with E-state index in [1.165, 1.54) is 28.4 Å². The van der Waals surface area contributed by atoms with Crippen LogP contribution in [0.5, 0.6) is 0 Å². The van der Waals surface area contributed by atoms with Gasteiger partial charge in [0.25, 0.3) is 0 Å².